The van der Waals surface area contributed by atoms with Gasteiger partial charge in [-0.1, -0.05) is 42.1 Å². The lowest BCUT2D eigenvalue weighted by Gasteiger charge is -2.10. The first kappa shape index (κ1) is 22.5. The Kier molecular flexibility index (Phi) is 7.33. The summed E-state index contributed by atoms with van der Waals surface area (Å²) < 4.78 is 12.7. The number of thiazole rings is 1. The standard InChI is InChI=1S/C24H19N3O4S2/c1-30-20-13-16(11-12-19(20)31-23(29)17-7-3-2-4-8-17)14-25-27-22(28)15-32-24-26-18-9-5-6-10-21(18)33-24/h2-14H,15H2,1H3,(H,27,28)/b25-14+. The van der Waals surface area contributed by atoms with Crippen molar-refractivity contribution in [3.8, 4) is 11.5 Å². The van der Waals surface area contributed by atoms with Gasteiger partial charge in [-0.25, -0.2) is 15.2 Å². The number of amides is 1. The number of thioether (sulfide) groups is 1. The molecule has 0 aliphatic rings. The maximum atomic E-state index is 12.3. The molecule has 3 aromatic carbocycles. The number of carbonyl (C=O) groups excluding carboxylic acids is 2. The Bertz CT molecular complexity index is 1270. The van der Waals surface area contributed by atoms with Gasteiger partial charge in [-0.15, -0.1) is 11.3 Å². The van der Waals surface area contributed by atoms with Crippen molar-refractivity contribution in [2.75, 3.05) is 12.9 Å². The molecular weight excluding hydrogens is 458 g/mol. The highest BCUT2D eigenvalue weighted by Crippen LogP contribution is 2.29. The van der Waals surface area contributed by atoms with Crippen LogP contribution in [0.1, 0.15) is 15.9 Å². The second-order valence-corrected chi connectivity index (χ2v) is 8.95. The van der Waals surface area contributed by atoms with E-state index in [0.717, 1.165) is 14.6 Å². The van der Waals surface area contributed by atoms with Crippen LogP contribution in [0.2, 0.25) is 0 Å². The van der Waals surface area contributed by atoms with Crippen LogP contribution in [0.4, 0.5) is 0 Å². The summed E-state index contributed by atoms with van der Waals surface area (Å²) in [4.78, 5) is 28.9. The zero-order valence-electron chi connectivity index (χ0n) is 17.6. The summed E-state index contributed by atoms with van der Waals surface area (Å²) in [6.45, 7) is 0. The molecule has 4 rings (SSSR count). The number of fused-ring (bicyclic) bond motifs is 1. The number of methoxy groups -OCH3 is 1. The van der Waals surface area contributed by atoms with Crippen LogP contribution in [0, 0.1) is 0 Å². The van der Waals surface area contributed by atoms with Crippen molar-refractivity contribution in [1.29, 1.82) is 0 Å². The van der Waals surface area contributed by atoms with E-state index >= 15 is 0 Å². The van der Waals surface area contributed by atoms with Crippen LogP contribution < -0.4 is 14.9 Å². The van der Waals surface area contributed by atoms with E-state index in [-0.39, 0.29) is 11.7 Å². The van der Waals surface area contributed by atoms with Crippen molar-refractivity contribution in [3.05, 3.63) is 83.9 Å². The number of hydrazone groups is 1. The SMILES string of the molecule is COc1cc(/C=N/NC(=O)CSc2nc3ccccc3s2)ccc1OC(=O)c1ccccc1. The molecule has 4 aromatic rings. The Morgan fingerprint density at radius 1 is 1.06 bits per heavy atom. The van der Waals surface area contributed by atoms with Crippen LogP contribution in [0.5, 0.6) is 11.5 Å². The molecule has 0 unspecified atom stereocenters. The van der Waals surface area contributed by atoms with Crippen LogP contribution in [0.3, 0.4) is 0 Å². The van der Waals surface area contributed by atoms with Gasteiger partial charge in [-0.3, -0.25) is 4.79 Å². The van der Waals surface area contributed by atoms with Crippen molar-refractivity contribution in [3.63, 3.8) is 0 Å². The number of ether oxygens (including phenoxy) is 2. The van der Waals surface area contributed by atoms with Crippen molar-refractivity contribution in [1.82, 2.24) is 10.4 Å². The summed E-state index contributed by atoms with van der Waals surface area (Å²) in [5, 5.41) is 3.99. The van der Waals surface area contributed by atoms with E-state index in [1.807, 2.05) is 30.3 Å². The maximum absolute atomic E-state index is 12.3. The van der Waals surface area contributed by atoms with Crippen molar-refractivity contribution in [2.45, 2.75) is 4.34 Å². The number of rotatable bonds is 8. The molecular formula is C24H19N3O4S2. The number of benzene rings is 3. The predicted molar refractivity (Wildman–Crippen MR) is 130 cm³/mol. The van der Waals surface area contributed by atoms with Crippen LogP contribution >= 0.6 is 23.1 Å². The first-order chi connectivity index (χ1) is 16.1. The smallest absolute Gasteiger partial charge is 0.343 e. The average molecular weight is 478 g/mol. The van der Waals surface area contributed by atoms with E-state index in [4.69, 9.17) is 9.47 Å². The molecule has 1 aromatic heterocycles. The van der Waals surface area contributed by atoms with Crippen LogP contribution in [0.25, 0.3) is 10.2 Å². The third-order valence-electron chi connectivity index (χ3n) is 4.40. The van der Waals surface area contributed by atoms with Gasteiger partial charge in [-0.05, 0) is 48.0 Å². The molecule has 33 heavy (non-hydrogen) atoms. The molecule has 1 N–H and O–H groups in total. The molecule has 0 bridgehead atoms. The number of esters is 1. The third-order valence-corrected chi connectivity index (χ3v) is 6.58. The number of carbonyl (C=O) groups is 2. The Labute approximate surface area is 198 Å². The highest BCUT2D eigenvalue weighted by Gasteiger charge is 2.12. The summed E-state index contributed by atoms with van der Waals surface area (Å²) in [5.74, 6) is 0.152. The number of aromatic nitrogens is 1. The van der Waals surface area contributed by atoms with Crippen molar-refractivity contribution >= 4 is 51.4 Å². The molecule has 0 aliphatic carbocycles. The Morgan fingerprint density at radius 2 is 1.85 bits per heavy atom. The molecule has 7 nitrogen and oxygen atoms in total. The fraction of sp³-hybridized carbons (Fsp3) is 0.0833. The van der Waals surface area contributed by atoms with Gasteiger partial charge in [0.05, 0.1) is 34.9 Å². The van der Waals surface area contributed by atoms with Gasteiger partial charge < -0.3 is 9.47 Å². The Balaban J connectivity index is 1.31. The predicted octanol–water partition coefficient (Wildman–Crippen LogP) is 4.77. The van der Waals surface area contributed by atoms with Crippen molar-refractivity contribution < 1.29 is 19.1 Å². The topological polar surface area (TPSA) is 89.9 Å². The van der Waals surface area contributed by atoms with E-state index in [1.165, 1.54) is 25.1 Å². The summed E-state index contributed by atoms with van der Waals surface area (Å²) in [6, 6.07) is 21.5. The molecule has 0 atom stereocenters. The monoisotopic (exact) mass is 477 g/mol. The quantitative estimate of drug-likeness (QED) is 0.129. The lowest BCUT2D eigenvalue weighted by Crippen LogP contribution is -2.19. The molecule has 166 valence electrons. The fourth-order valence-corrected chi connectivity index (χ4v) is 4.69. The van der Waals surface area contributed by atoms with Crippen LogP contribution in [-0.4, -0.2) is 35.9 Å². The second kappa shape index (κ2) is 10.8. The Hall–Kier alpha value is -3.69. The average Bonchev–Trinajstić information content (AvgIpc) is 3.27. The lowest BCUT2D eigenvalue weighted by molar-refractivity contribution is -0.118. The minimum absolute atomic E-state index is 0.203. The molecule has 0 saturated carbocycles. The van der Waals surface area contributed by atoms with Crippen molar-refractivity contribution in [2.24, 2.45) is 5.10 Å². The van der Waals surface area contributed by atoms with Crippen LogP contribution in [0.15, 0.2) is 82.2 Å². The number of nitrogens with one attached hydrogen (secondary N) is 1. The van der Waals surface area contributed by atoms with Gasteiger partial charge in [0.25, 0.3) is 5.91 Å². The largest absolute Gasteiger partial charge is 0.493 e. The molecule has 0 fully saturated rings. The minimum atomic E-state index is -0.479. The minimum Gasteiger partial charge on any atom is -0.493 e. The number of nitrogens with zero attached hydrogens (tertiary/aromatic N) is 2. The number of hydrogen-bond acceptors (Lipinski definition) is 8. The van der Waals surface area contributed by atoms with Gasteiger partial charge in [0.15, 0.2) is 15.8 Å². The first-order valence-electron chi connectivity index (χ1n) is 9.88. The van der Waals surface area contributed by atoms with E-state index in [0.29, 0.717) is 22.6 Å². The van der Waals surface area contributed by atoms with E-state index < -0.39 is 5.97 Å². The van der Waals surface area contributed by atoms with E-state index in [2.05, 4.69) is 15.5 Å². The molecule has 0 radical (unpaired) electrons. The zero-order valence-corrected chi connectivity index (χ0v) is 19.2. The molecule has 0 saturated heterocycles. The number of para-hydroxylation sites is 1. The maximum Gasteiger partial charge on any atom is 0.343 e. The van der Waals surface area contributed by atoms with E-state index in [1.54, 1.807) is 53.8 Å². The van der Waals surface area contributed by atoms with Gasteiger partial charge >= 0.3 is 5.97 Å². The summed E-state index contributed by atoms with van der Waals surface area (Å²) in [5.41, 5.74) is 4.54. The normalized spacial score (nSPS) is 10.9. The molecule has 0 spiro atoms. The lowest BCUT2D eigenvalue weighted by atomic mass is 10.2. The molecule has 1 heterocycles. The van der Waals surface area contributed by atoms with Crippen LogP contribution in [-0.2, 0) is 4.79 Å². The molecule has 0 aliphatic heterocycles. The zero-order chi connectivity index (χ0) is 23.0. The summed E-state index contributed by atoms with van der Waals surface area (Å²) in [6.07, 6.45) is 1.49. The van der Waals surface area contributed by atoms with Gasteiger partial charge in [0.1, 0.15) is 0 Å². The summed E-state index contributed by atoms with van der Waals surface area (Å²) in [7, 11) is 1.48. The number of hydrogen-bond donors (Lipinski definition) is 1. The fourth-order valence-electron chi connectivity index (χ4n) is 2.83. The second-order valence-electron chi connectivity index (χ2n) is 6.70. The highest BCUT2D eigenvalue weighted by atomic mass is 32.2. The molecule has 9 heteroatoms. The van der Waals surface area contributed by atoms with E-state index in [9.17, 15) is 9.59 Å². The Morgan fingerprint density at radius 3 is 2.64 bits per heavy atom. The van der Waals surface area contributed by atoms with Gasteiger partial charge in [0, 0.05) is 0 Å². The highest BCUT2D eigenvalue weighted by molar-refractivity contribution is 8.01. The third kappa shape index (κ3) is 5.97. The first-order valence-corrected chi connectivity index (χ1v) is 11.7. The summed E-state index contributed by atoms with van der Waals surface area (Å²) >= 11 is 2.92. The molecule has 1 amide bonds. The van der Waals surface area contributed by atoms with Gasteiger partial charge in [0.2, 0.25) is 0 Å². The van der Waals surface area contributed by atoms with Gasteiger partial charge in [-0.2, -0.15) is 5.10 Å².